The summed E-state index contributed by atoms with van der Waals surface area (Å²) in [4.78, 5) is 23.2. The normalized spacial score (nSPS) is 15.9. The van der Waals surface area contributed by atoms with Gasteiger partial charge >= 0.3 is 68.9 Å². The van der Waals surface area contributed by atoms with E-state index in [1.807, 2.05) is 13.8 Å². The number of anilines is 1. The number of aldehydes is 1. The molecule has 0 saturated heterocycles. The van der Waals surface area contributed by atoms with Crippen molar-refractivity contribution in [2.45, 2.75) is 57.5 Å². The van der Waals surface area contributed by atoms with Crippen LogP contribution in [-0.4, -0.2) is 55.0 Å². The van der Waals surface area contributed by atoms with E-state index in [0.717, 1.165) is 36.1 Å². The topological polar surface area (TPSA) is 135 Å². The number of ether oxygens (including phenoxy) is 1. The first-order chi connectivity index (χ1) is 19.6. The minimum atomic E-state index is -0.545. The first-order valence-corrected chi connectivity index (χ1v) is 13.0. The van der Waals surface area contributed by atoms with Crippen LogP contribution in [0.25, 0.3) is 5.65 Å². The minimum Gasteiger partial charge on any atom is -0.473 e. The maximum absolute atomic E-state index is 13.2. The number of pyridine rings is 1. The monoisotopic (exact) mass is 711 g/mol. The van der Waals surface area contributed by atoms with Gasteiger partial charge in [-0.15, -0.1) is 10.2 Å². The number of carbonyl (C=O) groups is 1. The van der Waals surface area contributed by atoms with Gasteiger partial charge in [-0.25, -0.2) is 24.2 Å². The third-order valence-corrected chi connectivity index (χ3v) is 6.57. The third-order valence-electron chi connectivity index (χ3n) is 6.57. The quantitative estimate of drug-likeness (QED) is 0.189. The van der Waals surface area contributed by atoms with E-state index in [4.69, 9.17) is 10.00 Å². The number of fused-ring (bicyclic) bond motifs is 3. The van der Waals surface area contributed by atoms with E-state index in [1.165, 1.54) is 21.3 Å². The summed E-state index contributed by atoms with van der Waals surface area (Å²) in [6.07, 6.45) is 8.99. The molecule has 0 radical (unpaired) electrons. The van der Waals surface area contributed by atoms with Crippen molar-refractivity contribution in [1.82, 2.24) is 29.4 Å². The Labute approximate surface area is 308 Å². The first-order valence-electron chi connectivity index (χ1n) is 13.0. The molecule has 4 aromatic rings. The Balaban J connectivity index is 0.000000227. The largest absolute Gasteiger partial charge is 1.00 e. The van der Waals surface area contributed by atoms with Crippen LogP contribution in [0.5, 0.6) is 5.88 Å². The smallest absolute Gasteiger partial charge is 0.473 e. The fourth-order valence-electron chi connectivity index (χ4n) is 4.53. The molecule has 14 heteroatoms. The van der Waals surface area contributed by atoms with Crippen molar-refractivity contribution < 1.29 is 87.2 Å². The third kappa shape index (κ3) is 8.93. The van der Waals surface area contributed by atoms with E-state index in [1.54, 1.807) is 45.7 Å². The minimum absolute atomic E-state index is 0. The van der Waals surface area contributed by atoms with Crippen molar-refractivity contribution in [2.75, 3.05) is 12.4 Å². The van der Waals surface area contributed by atoms with Gasteiger partial charge in [0, 0.05) is 55.5 Å². The molecule has 0 aliphatic heterocycles. The molecule has 1 fully saturated rings. The molecular formula is C29H34CsF2N9O2. The zero-order valence-electron chi connectivity index (χ0n) is 25.5. The molecule has 6 rings (SSSR count). The molecule has 0 amide bonds. The van der Waals surface area contributed by atoms with Crippen molar-refractivity contribution in [3.05, 3.63) is 66.7 Å². The number of hydrogen-bond acceptors (Lipinski definition) is 9. The Morgan fingerprint density at radius 2 is 1.86 bits per heavy atom. The Hall–Kier alpha value is -2.68. The molecular weight excluding hydrogens is 677 g/mol. The Morgan fingerprint density at radius 1 is 1.16 bits per heavy atom. The van der Waals surface area contributed by atoms with E-state index < -0.39 is 11.9 Å². The molecule has 0 aromatic carbocycles. The second-order valence-corrected chi connectivity index (χ2v) is 10.2. The predicted octanol–water partition coefficient (Wildman–Crippen LogP) is 2.10. The number of aryl methyl sites for hydroxylation is 1. The van der Waals surface area contributed by atoms with E-state index >= 15 is 0 Å². The zero-order valence-corrected chi connectivity index (χ0v) is 31.7. The van der Waals surface area contributed by atoms with E-state index in [0.29, 0.717) is 29.3 Å². The molecule has 43 heavy (non-hydrogen) atoms. The molecule has 2 aliphatic rings. The van der Waals surface area contributed by atoms with Crippen molar-refractivity contribution in [3.63, 3.8) is 0 Å². The van der Waals surface area contributed by atoms with Crippen LogP contribution in [0.3, 0.4) is 0 Å². The maximum atomic E-state index is 13.2. The van der Waals surface area contributed by atoms with Crippen molar-refractivity contribution in [2.24, 2.45) is 12.0 Å². The fourth-order valence-corrected chi connectivity index (χ4v) is 4.53. The summed E-state index contributed by atoms with van der Waals surface area (Å²) < 4.78 is 33.9. The molecule has 1 unspecified atom stereocenters. The molecule has 1 saturated carbocycles. The van der Waals surface area contributed by atoms with Crippen molar-refractivity contribution in [1.29, 1.82) is 5.26 Å². The summed E-state index contributed by atoms with van der Waals surface area (Å²) >= 11 is 0. The number of rotatable bonds is 5. The van der Waals surface area contributed by atoms with Gasteiger partial charge in [0.05, 0.1) is 17.6 Å². The Morgan fingerprint density at radius 3 is 2.42 bits per heavy atom. The number of aromatic nitrogens is 6. The van der Waals surface area contributed by atoms with Crippen LogP contribution >= 0.6 is 0 Å². The van der Waals surface area contributed by atoms with E-state index in [2.05, 4.69) is 36.5 Å². The van der Waals surface area contributed by atoms with Crippen LogP contribution < -0.4 is 78.9 Å². The predicted molar refractivity (Wildman–Crippen MR) is 155 cm³/mol. The van der Waals surface area contributed by atoms with Crippen LogP contribution in [0.2, 0.25) is 0 Å². The van der Waals surface area contributed by atoms with E-state index in [-0.39, 0.29) is 93.8 Å². The van der Waals surface area contributed by atoms with Gasteiger partial charge in [0.25, 0.3) is 0 Å². The molecule has 1 N–H and O–H groups in total. The number of nitrogens with zero attached hydrogens (tertiary/aromatic N) is 8. The summed E-state index contributed by atoms with van der Waals surface area (Å²) in [7, 11) is 3.44. The zero-order chi connectivity index (χ0) is 29.7. The summed E-state index contributed by atoms with van der Waals surface area (Å²) in [6.45, 7) is 5.84. The molecule has 11 nitrogen and oxygen atoms in total. The molecule has 1 atom stereocenters. The standard InChI is InChI=1S/C12H12FN3O.C10H11N3O.C6H8FN3.CH3.Cs/c1-12(2)4-7(6-17)8-5-14-10-3-9(13)15-16(10)11(8)12;1-12-8-4-7(5-11)10(13-6-8)14-9-2-3-9;1-3-8-6-4-5(7)9-10(6)2;;/h3,5-7H,4H2,1-2H3;4,6,9,12H,2-3H2,1H3;3-4H,1-2H3;1H3;/q;;;-1;+1/b;;8-3-;;. The van der Waals surface area contributed by atoms with Gasteiger partial charge in [0.1, 0.15) is 24.0 Å². The van der Waals surface area contributed by atoms with Gasteiger partial charge in [-0.05, 0) is 32.3 Å². The average molecular weight is 712 g/mol. The summed E-state index contributed by atoms with van der Waals surface area (Å²) in [5.41, 5.74) is 3.36. The molecule has 2 aliphatic carbocycles. The second-order valence-electron chi connectivity index (χ2n) is 10.2. The second kappa shape index (κ2) is 15.9. The number of halogens is 2. The van der Waals surface area contributed by atoms with E-state index in [9.17, 15) is 13.6 Å². The van der Waals surface area contributed by atoms with Gasteiger partial charge in [0.15, 0.2) is 11.5 Å². The first kappa shape index (κ1) is 36.5. The summed E-state index contributed by atoms with van der Waals surface area (Å²) in [5.74, 6) is -0.225. The molecule has 0 bridgehead atoms. The van der Waals surface area contributed by atoms with Gasteiger partial charge in [-0.3, -0.25) is 0 Å². The number of nitriles is 1. The van der Waals surface area contributed by atoms with Crippen LogP contribution in [0.15, 0.2) is 35.6 Å². The number of hydrogen-bond donors (Lipinski definition) is 1. The van der Waals surface area contributed by atoms with Gasteiger partial charge in [-0.2, -0.15) is 14.0 Å². The van der Waals surface area contributed by atoms with Crippen LogP contribution in [0, 0.1) is 30.7 Å². The number of nitrogens with one attached hydrogen (secondary N) is 1. The molecule has 0 spiro atoms. The molecule has 4 heterocycles. The summed E-state index contributed by atoms with van der Waals surface area (Å²) in [6, 6.07) is 6.39. The average Bonchev–Trinajstić information content (AvgIpc) is 3.50. The fraction of sp³-hybridized carbons (Fsp3) is 0.379. The van der Waals surface area contributed by atoms with Crippen LogP contribution in [-0.2, 0) is 17.3 Å². The Kier molecular flexibility index (Phi) is 13.5. The number of aliphatic imine (C=N–C) groups is 1. The maximum Gasteiger partial charge on any atom is 1.00 e. The van der Waals surface area contributed by atoms with Gasteiger partial charge in [-0.1, -0.05) is 13.8 Å². The van der Waals surface area contributed by atoms with Crippen LogP contribution in [0.1, 0.15) is 62.8 Å². The molecule has 222 valence electrons. The van der Waals surface area contributed by atoms with Crippen molar-refractivity contribution >= 4 is 29.7 Å². The SMILES string of the molecule is C/C=N\c1cc(F)nn1C.CC1(C)CC(C=O)c2cnc3cc(F)nn3c21.CNc1cnc(OC2CC2)c(C#N)c1.[CH3-].[Cs+]. The number of carbonyl (C=O) groups excluding carboxylic acids is 1. The van der Waals surface area contributed by atoms with Crippen LogP contribution in [0.4, 0.5) is 20.3 Å². The van der Waals surface area contributed by atoms with Crippen molar-refractivity contribution in [3.8, 4) is 11.9 Å². The summed E-state index contributed by atoms with van der Waals surface area (Å²) in [5, 5.41) is 19.1. The molecule has 4 aromatic heterocycles. The Bertz CT molecular complexity index is 1620. The van der Waals surface area contributed by atoms with Gasteiger partial charge < -0.3 is 22.3 Å². The van der Waals surface area contributed by atoms with Gasteiger partial charge in [0.2, 0.25) is 17.8 Å².